The molecule has 0 radical (unpaired) electrons. The molecule has 1 saturated heterocycles. The lowest BCUT2D eigenvalue weighted by Crippen LogP contribution is -2.43. The maximum atomic E-state index is 13.1. The van der Waals surface area contributed by atoms with Gasteiger partial charge in [-0.3, -0.25) is 4.90 Å². The lowest BCUT2D eigenvalue weighted by Gasteiger charge is -2.35. The topological polar surface area (TPSA) is 80.3 Å². The number of nitrogens with zero attached hydrogens (tertiary/aromatic N) is 2. The van der Waals surface area contributed by atoms with Crippen molar-refractivity contribution in [2.24, 2.45) is 0 Å². The van der Waals surface area contributed by atoms with Gasteiger partial charge in [0.2, 0.25) is 10.0 Å². The molecular formula is C22H31N3O5S. The second-order valence-corrected chi connectivity index (χ2v) is 9.25. The number of hydrogen-bond donors (Lipinski definition) is 1. The maximum Gasteiger partial charge on any atom is 0.244 e. The zero-order valence-corrected chi connectivity index (χ0v) is 19.3. The zero-order valence-electron chi connectivity index (χ0n) is 18.5. The molecule has 1 aliphatic heterocycles. The molecule has 3 rings (SSSR count). The van der Waals surface area contributed by atoms with Gasteiger partial charge in [0.1, 0.15) is 16.4 Å². The second kappa shape index (κ2) is 10.3. The summed E-state index contributed by atoms with van der Waals surface area (Å²) in [6, 6.07) is 12.8. The highest BCUT2D eigenvalue weighted by atomic mass is 32.2. The van der Waals surface area contributed by atoms with Crippen molar-refractivity contribution >= 4 is 15.7 Å². The van der Waals surface area contributed by atoms with E-state index in [1.165, 1.54) is 20.3 Å². The smallest absolute Gasteiger partial charge is 0.244 e. The molecule has 0 aliphatic carbocycles. The van der Waals surface area contributed by atoms with Gasteiger partial charge < -0.3 is 19.1 Å². The first-order chi connectivity index (χ1) is 14.9. The predicted molar refractivity (Wildman–Crippen MR) is 121 cm³/mol. The van der Waals surface area contributed by atoms with E-state index in [0.29, 0.717) is 19.0 Å². The molecule has 0 amide bonds. The van der Waals surface area contributed by atoms with Crippen molar-refractivity contribution in [2.45, 2.75) is 10.9 Å². The highest BCUT2D eigenvalue weighted by Gasteiger charge is 2.27. The fourth-order valence-corrected chi connectivity index (χ4v) is 4.82. The molecule has 0 saturated carbocycles. The van der Waals surface area contributed by atoms with Crippen molar-refractivity contribution in [1.29, 1.82) is 0 Å². The third kappa shape index (κ3) is 5.68. The summed E-state index contributed by atoms with van der Waals surface area (Å²) in [7, 11) is 3.11. The van der Waals surface area contributed by atoms with Gasteiger partial charge in [-0.2, -0.15) is 0 Å². The number of benzene rings is 2. The fourth-order valence-electron chi connectivity index (χ4n) is 3.60. The lowest BCUT2D eigenvalue weighted by atomic mass is 10.0. The number of rotatable bonds is 9. The SMILES string of the molecule is COc1ccc(OC)c(S(=O)(=O)NC[C@@H](c2ccc(N(C)C)cc2)N2CCOCC2)c1. The molecule has 2 aromatic carbocycles. The Bertz CT molecular complexity index is 958. The summed E-state index contributed by atoms with van der Waals surface area (Å²) in [5.41, 5.74) is 2.14. The van der Waals surface area contributed by atoms with E-state index in [1.807, 2.05) is 31.1 Å². The van der Waals surface area contributed by atoms with Crippen LogP contribution >= 0.6 is 0 Å². The number of methoxy groups -OCH3 is 2. The minimum atomic E-state index is -3.82. The molecule has 0 bridgehead atoms. The molecule has 0 spiro atoms. The maximum absolute atomic E-state index is 13.1. The minimum absolute atomic E-state index is 0.0537. The first kappa shape index (κ1) is 23.3. The van der Waals surface area contributed by atoms with Crippen molar-refractivity contribution in [3.63, 3.8) is 0 Å². The number of anilines is 1. The summed E-state index contributed by atoms with van der Waals surface area (Å²) in [5.74, 6) is 0.719. The third-order valence-corrected chi connectivity index (χ3v) is 6.85. The molecule has 170 valence electrons. The number of ether oxygens (including phenoxy) is 3. The van der Waals surface area contributed by atoms with Crippen molar-refractivity contribution in [3.05, 3.63) is 48.0 Å². The van der Waals surface area contributed by atoms with E-state index in [0.717, 1.165) is 24.3 Å². The molecule has 2 aromatic rings. The monoisotopic (exact) mass is 449 g/mol. The van der Waals surface area contributed by atoms with E-state index in [1.54, 1.807) is 12.1 Å². The molecule has 9 heteroatoms. The standard InChI is InChI=1S/C22H31N3O5S/c1-24(2)18-7-5-17(6-8-18)20(25-11-13-30-14-12-25)16-23-31(26,27)22-15-19(28-3)9-10-21(22)29-4/h5-10,15,20,23H,11-14,16H2,1-4H3/t20-/m0/s1. The summed E-state index contributed by atoms with van der Waals surface area (Å²) in [6.07, 6.45) is 0. The Kier molecular flexibility index (Phi) is 7.77. The van der Waals surface area contributed by atoms with Gasteiger partial charge in [-0.25, -0.2) is 13.1 Å². The van der Waals surface area contributed by atoms with Crippen LogP contribution in [-0.2, 0) is 14.8 Å². The Morgan fingerprint density at radius 2 is 1.74 bits per heavy atom. The summed E-state index contributed by atoms with van der Waals surface area (Å²) < 4.78 is 45.0. The molecule has 1 aliphatic rings. The average molecular weight is 450 g/mol. The van der Waals surface area contributed by atoms with Gasteiger partial charge in [-0.1, -0.05) is 12.1 Å². The molecule has 0 unspecified atom stereocenters. The van der Waals surface area contributed by atoms with Crippen LogP contribution in [0.1, 0.15) is 11.6 Å². The highest BCUT2D eigenvalue weighted by Crippen LogP contribution is 2.29. The Morgan fingerprint density at radius 1 is 1.06 bits per heavy atom. The first-order valence-electron chi connectivity index (χ1n) is 10.2. The number of morpholine rings is 1. The number of sulfonamides is 1. The van der Waals surface area contributed by atoms with Crippen LogP contribution in [0.4, 0.5) is 5.69 Å². The van der Waals surface area contributed by atoms with Crippen molar-refractivity contribution in [2.75, 3.05) is 66.1 Å². The Hall–Kier alpha value is -2.33. The van der Waals surface area contributed by atoms with Crippen LogP contribution < -0.4 is 19.1 Å². The van der Waals surface area contributed by atoms with Crippen LogP contribution in [0.2, 0.25) is 0 Å². The van der Waals surface area contributed by atoms with Gasteiger partial charge in [0.05, 0.1) is 27.4 Å². The van der Waals surface area contributed by atoms with E-state index in [4.69, 9.17) is 14.2 Å². The van der Waals surface area contributed by atoms with Crippen LogP contribution in [0.25, 0.3) is 0 Å². The van der Waals surface area contributed by atoms with E-state index in [2.05, 4.69) is 21.8 Å². The first-order valence-corrected chi connectivity index (χ1v) is 11.6. The van der Waals surface area contributed by atoms with E-state index >= 15 is 0 Å². The van der Waals surface area contributed by atoms with Crippen molar-refractivity contribution in [1.82, 2.24) is 9.62 Å². The van der Waals surface area contributed by atoms with E-state index < -0.39 is 10.0 Å². The van der Waals surface area contributed by atoms with Crippen molar-refractivity contribution < 1.29 is 22.6 Å². The van der Waals surface area contributed by atoms with Crippen LogP contribution in [-0.4, -0.2) is 74.5 Å². The average Bonchev–Trinajstić information content (AvgIpc) is 2.79. The molecule has 0 aromatic heterocycles. The predicted octanol–water partition coefficient (Wildman–Crippen LogP) is 2.12. The molecule has 1 N–H and O–H groups in total. The molecule has 8 nitrogen and oxygen atoms in total. The summed E-state index contributed by atoms with van der Waals surface area (Å²) in [4.78, 5) is 4.34. The van der Waals surface area contributed by atoms with Crippen LogP contribution in [0, 0.1) is 0 Å². The van der Waals surface area contributed by atoms with Gasteiger partial charge in [-0.05, 0) is 29.8 Å². The van der Waals surface area contributed by atoms with Crippen molar-refractivity contribution in [3.8, 4) is 11.5 Å². The lowest BCUT2D eigenvalue weighted by molar-refractivity contribution is 0.0172. The summed E-state index contributed by atoms with van der Waals surface area (Å²) >= 11 is 0. The van der Waals surface area contributed by atoms with Crippen LogP contribution in [0.15, 0.2) is 47.4 Å². The summed E-state index contributed by atoms with van der Waals surface area (Å²) in [5, 5.41) is 0. The number of hydrogen-bond acceptors (Lipinski definition) is 7. The Balaban J connectivity index is 1.86. The molecule has 1 atom stereocenters. The molecule has 1 heterocycles. The van der Waals surface area contributed by atoms with Gasteiger partial charge in [0.25, 0.3) is 0 Å². The third-order valence-electron chi connectivity index (χ3n) is 5.41. The minimum Gasteiger partial charge on any atom is -0.497 e. The largest absolute Gasteiger partial charge is 0.497 e. The van der Waals surface area contributed by atoms with Gasteiger partial charge in [-0.15, -0.1) is 0 Å². The van der Waals surface area contributed by atoms with Crippen LogP contribution in [0.3, 0.4) is 0 Å². The van der Waals surface area contributed by atoms with Gasteiger partial charge in [0.15, 0.2) is 0 Å². The molecular weight excluding hydrogens is 418 g/mol. The molecule has 31 heavy (non-hydrogen) atoms. The number of nitrogens with one attached hydrogen (secondary N) is 1. The van der Waals surface area contributed by atoms with E-state index in [9.17, 15) is 8.42 Å². The second-order valence-electron chi connectivity index (χ2n) is 7.52. The fraction of sp³-hybridized carbons (Fsp3) is 0.455. The summed E-state index contributed by atoms with van der Waals surface area (Å²) in [6.45, 7) is 2.96. The quantitative estimate of drug-likeness (QED) is 0.628. The normalized spacial score (nSPS) is 16.0. The molecule has 1 fully saturated rings. The van der Waals surface area contributed by atoms with E-state index in [-0.39, 0.29) is 23.2 Å². The Morgan fingerprint density at radius 3 is 2.32 bits per heavy atom. The highest BCUT2D eigenvalue weighted by molar-refractivity contribution is 7.89. The van der Waals surface area contributed by atoms with Gasteiger partial charge >= 0.3 is 0 Å². The van der Waals surface area contributed by atoms with Gasteiger partial charge in [0, 0.05) is 51.5 Å². The Labute approximate surface area is 184 Å². The van der Waals surface area contributed by atoms with Crippen LogP contribution in [0.5, 0.6) is 11.5 Å². The zero-order chi connectivity index (χ0) is 22.4.